The van der Waals surface area contributed by atoms with E-state index >= 15 is 0 Å². The van der Waals surface area contributed by atoms with Gasteiger partial charge in [-0.1, -0.05) is 34.8 Å². The van der Waals surface area contributed by atoms with Crippen LogP contribution in [0.2, 0.25) is 15.1 Å². The minimum absolute atomic E-state index is 0.0376. The maximum atomic E-state index is 12.7. The molecule has 8 heteroatoms. The number of alkyl halides is 3. The lowest BCUT2D eigenvalue weighted by atomic mass is 10.1. The zero-order valence-corrected chi connectivity index (χ0v) is 10.6. The number of carboxylic acid groups (broad SMARTS) is 1. The molecule has 0 spiro atoms. The fourth-order valence-corrected chi connectivity index (χ4v) is 1.76. The van der Waals surface area contributed by atoms with Crippen molar-refractivity contribution >= 4 is 46.3 Å². The summed E-state index contributed by atoms with van der Waals surface area (Å²) in [6.07, 6.45) is -4.81. The highest BCUT2D eigenvalue weighted by Gasteiger charge is 2.36. The van der Waals surface area contributed by atoms with E-state index in [9.17, 15) is 18.0 Å². The zero-order valence-electron chi connectivity index (χ0n) is 8.36. The lowest BCUT2D eigenvalue weighted by Gasteiger charge is -2.12. The van der Waals surface area contributed by atoms with Crippen LogP contribution in [-0.2, 0) is 4.79 Å². The van der Waals surface area contributed by atoms with Crippen LogP contribution in [0.1, 0.15) is 5.56 Å². The molecule has 0 amide bonds. The van der Waals surface area contributed by atoms with Gasteiger partial charge >= 0.3 is 12.1 Å². The van der Waals surface area contributed by atoms with Gasteiger partial charge in [0.15, 0.2) is 0 Å². The van der Waals surface area contributed by atoms with Crippen LogP contribution in [0.25, 0.3) is 5.57 Å². The summed E-state index contributed by atoms with van der Waals surface area (Å²) in [5.41, 5.74) is -1.83. The molecule has 0 aromatic heterocycles. The monoisotopic (exact) mass is 318 g/mol. The minimum Gasteiger partial charge on any atom is -0.478 e. The van der Waals surface area contributed by atoms with Crippen molar-refractivity contribution in [3.63, 3.8) is 0 Å². The zero-order chi connectivity index (χ0) is 14.1. The third-order valence-corrected chi connectivity index (χ3v) is 3.06. The van der Waals surface area contributed by atoms with Crippen LogP contribution in [0.4, 0.5) is 13.2 Å². The van der Waals surface area contributed by atoms with Gasteiger partial charge in [-0.2, -0.15) is 13.2 Å². The van der Waals surface area contributed by atoms with Gasteiger partial charge in [0.25, 0.3) is 0 Å². The van der Waals surface area contributed by atoms with Crippen molar-refractivity contribution in [2.45, 2.75) is 6.18 Å². The Hall–Kier alpha value is -0.910. The molecule has 0 aliphatic carbocycles. The van der Waals surface area contributed by atoms with Gasteiger partial charge in [-0.3, -0.25) is 0 Å². The molecule has 0 radical (unpaired) electrons. The van der Waals surface area contributed by atoms with Crippen LogP contribution in [0.15, 0.2) is 18.2 Å². The number of carbonyl (C=O) groups is 1. The molecule has 1 aromatic carbocycles. The first kappa shape index (κ1) is 15.1. The average molecular weight is 319 g/mol. The smallest absolute Gasteiger partial charge is 0.417 e. The molecule has 0 saturated heterocycles. The molecule has 18 heavy (non-hydrogen) atoms. The van der Waals surface area contributed by atoms with Gasteiger partial charge in [0.2, 0.25) is 0 Å². The van der Waals surface area contributed by atoms with E-state index < -0.39 is 23.3 Å². The summed E-state index contributed by atoms with van der Waals surface area (Å²) in [6, 6.07) is 1.80. The molecule has 0 atom stereocenters. The lowest BCUT2D eigenvalue weighted by Crippen LogP contribution is -2.12. The molecule has 2 nitrogen and oxygen atoms in total. The van der Waals surface area contributed by atoms with E-state index in [0.717, 1.165) is 12.1 Å². The number of carboxylic acids is 1. The molecule has 0 heterocycles. The number of benzene rings is 1. The Morgan fingerprint density at radius 3 is 1.94 bits per heavy atom. The third-order valence-electron chi connectivity index (χ3n) is 1.87. The summed E-state index contributed by atoms with van der Waals surface area (Å²) in [6.45, 7) is 0. The summed E-state index contributed by atoms with van der Waals surface area (Å²) < 4.78 is 38.0. The van der Waals surface area contributed by atoms with Crippen molar-refractivity contribution in [1.82, 2.24) is 0 Å². The first-order valence-corrected chi connectivity index (χ1v) is 5.43. The minimum atomic E-state index is -4.85. The summed E-state index contributed by atoms with van der Waals surface area (Å²) in [5.74, 6) is -1.73. The Bertz CT molecular complexity index is 501. The number of hydrogen-bond acceptors (Lipinski definition) is 1. The van der Waals surface area contributed by atoms with E-state index in [1.54, 1.807) is 0 Å². The summed E-state index contributed by atoms with van der Waals surface area (Å²) >= 11 is 16.8. The predicted molar refractivity (Wildman–Crippen MR) is 63.1 cm³/mol. The number of aliphatic carboxylic acids is 1. The van der Waals surface area contributed by atoms with E-state index in [1.165, 1.54) is 0 Å². The Morgan fingerprint density at radius 1 is 1.17 bits per heavy atom. The molecule has 0 saturated carbocycles. The normalized spacial score (nSPS) is 12.7. The maximum Gasteiger partial charge on any atom is 0.417 e. The second-order valence-corrected chi connectivity index (χ2v) is 4.34. The third kappa shape index (κ3) is 3.54. The van der Waals surface area contributed by atoms with Crippen molar-refractivity contribution < 1.29 is 23.1 Å². The number of halogens is 6. The first-order valence-electron chi connectivity index (χ1n) is 4.29. The largest absolute Gasteiger partial charge is 0.478 e. The van der Waals surface area contributed by atoms with Crippen molar-refractivity contribution in [1.29, 1.82) is 0 Å². The lowest BCUT2D eigenvalue weighted by molar-refractivity contribution is -0.131. The molecular weight excluding hydrogens is 315 g/mol. The van der Waals surface area contributed by atoms with Gasteiger partial charge in [-0.15, -0.1) is 0 Å². The average Bonchev–Trinajstić information content (AvgIpc) is 2.20. The van der Waals surface area contributed by atoms with Gasteiger partial charge in [-0.25, -0.2) is 4.79 Å². The second-order valence-electron chi connectivity index (χ2n) is 3.15. The predicted octanol–water partition coefficient (Wildman–Crippen LogP) is 4.68. The SMILES string of the molecule is O=C(O)C=C(c1cc(Cl)c(Cl)c(Cl)c1)C(F)(F)F. The highest BCUT2D eigenvalue weighted by molar-refractivity contribution is 6.48. The molecular formula is C10H4Cl3F3O2. The Balaban J connectivity index is 3.45. The van der Waals surface area contributed by atoms with E-state index in [0.29, 0.717) is 0 Å². The van der Waals surface area contributed by atoms with Crippen LogP contribution in [0.5, 0.6) is 0 Å². The highest BCUT2D eigenvalue weighted by Crippen LogP contribution is 2.39. The van der Waals surface area contributed by atoms with Gasteiger partial charge < -0.3 is 5.11 Å². The van der Waals surface area contributed by atoms with Crippen molar-refractivity contribution in [3.8, 4) is 0 Å². The Kier molecular flexibility index (Phi) is 4.53. The van der Waals surface area contributed by atoms with Gasteiger partial charge in [0.1, 0.15) is 0 Å². The Morgan fingerprint density at radius 2 is 1.61 bits per heavy atom. The number of rotatable bonds is 2. The van der Waals surface area contributed by atoms with E-state index in [1.807, 2.05) is 0 Å². The van der Waals surface area contributed by atoms with Crippen LogP contribution >= 0.6 is 34.8 Å². The van der Waals surface area contributed by atoms with E-state index in [4.69, 9.17) is 39.9 Å². The standard InChI is InChI=1S/C10H4Cl3F3O2/c11-6-1-4(2-7(12)9(6)13)5(3-8(17)18)10(14,15)16/h1-3H,(H,17,18). The van der Waals surface area contributed by atoms with Gasteiger partial charge in [-0.05, 0) is 17.7 Å². The number of hydrogen-bond donors (Lipinski definition) is 1. The fourth-order valence-electron chi connectivity index (χ4n) is 1.16. The van der Waals surface area contributed by atoms with Crippen LogP contribution in [0.3, 0.4) is 0 Å². The summed E-state index contributed by atoms with van der Waals surface area (Å²) in [5, 5.41) is 7.95. The molecule has 1 N–H and O–H groups in total. The van der Waals surface area contributed by atoms with Crippen LogP contribution < -0.4 is 0 Å². The van der Waals surface area contributed by atoms with Crippen molar-refractivity contribution in [2.75, 3.05) is 0 Å². The molecule has 98 valence electrons. The molecule has 0 aliphatic heterocycles. The fraction of sp³-hybridized carbons (Fsp3) is 0.100. The first-order chi connectivity index (χ1) is 8.12. The summed E-state index contributed by atoms with van der Waals surface area (Å²) in [7, 11) is 0. The topological polar surface area (TPSA) is 37.3 Å². The highest BCUT2D eigenvalue weighted by atomic mass is 35.5. The molecule has 0 aliphatic rings. The van der Waals surface area contributed by atoms with E-state index in [-0.39, 0.29) is 21.1 Å². The summed E-state index contributed by atoms with van der Waals surface area (Å²) in [4.78, 5) is 10.4. The van der Waals surface area contributed by atoms with E-state index in [2.05, 4.69) is 0 Å². The van der Waals surface area contributed by atoms with Crippen molar-refractivity contribution in [2.24, 2.45) is 0 Å². The molecule has 1 rings (SSSR count). The number of allylic oxidation sites excluding steroid dienone is 1. The Labute approximate surface area is 115 Å². The molecule has 0 bridgehead atoms. The maximum absolute atomic E-state index is 12.7. The molecule has 0 unspecified atom stereocenters. The van der Waals surface area contributed by atoms with Crippen LogP contribution in [0, 0.1) is 0 Å². The quantitative estimate of drug-likeness (QED) is 0.635. The molecule has 0 fully saturated rings. The van der Waals surface area contributed by atoms with Gasteiger partial charge in [0.05, 0.1) is 20.6 Å². The van der Waals surface area contributed by atoms with Crippen molar-refractivity contribution in [3.05, 3.63) is 38.8 Å². The second kappa shape index (κ2) is 5.38. The van der Waals surface area contributed by atoms with Crippen LogP contribution in [-0.4, -0.2) is 17.3 Å². The molecule has 1 aromatic rings. The van der Waals surface area contributed by atoms with Gasteiger partial charge in [0, 0.05) is 6.08 Å².